The van der Waals surface area contributed by atoms with E-state index >= 15 is 0 Å². The van der Waals surface area contributed by atoms with E-state index in [1.54, 1.807) is 0 Å². The molecular weight excluding hydrogens is 252 g/mol. The molecule has 7 nitrogen and oxygen atoms in total. The second-order valence-electron chi connectivity index (χ2n) is 4.77. The molecule has 2 heterocycles. The number of carbonyl (C=O) groups is 4. The van der Waals surface area contributed by atoms with Crippen molar-refractivity contribution in [3.8, 4) is 0 Å². The van der Waals surface area contributed by atoms with E-state index in [1.807, 2.05) is 0 Å². The van der Waals surface area contributed by atoms with E-state index < -0.39 is 12.0 Å². The van der Waals surface area contributed by atoms with Crippen LogP contribution in [-0.2, 0) is 19.2 Å². The van der Waals surface area contributed by atoms with Gasteiger partial charge in [0.2, 0.25) is 17.7 Å². The van der Waals surface area contributed by atoms with Crippen molar-refractivity contribution in [3.05, 3.63) is 0 Å². The van der Waals surface area contributed by atoms with Gasteiger partial charge in [-0.3, -0.25) is 19.3 Å². The molecule has 1 atom stereocenters. The molecule has 7 heteroatoms. The largest absolute Gasteiger partial charge is 0.480 e. The Kier molecular flexibility index (Phi) is 3.82. The van der Waals surface area contributed by atoms with E-state index in [9.17, 15) is 19.2 Å². The van der Waals surface area contributed by atoms with Crippen LogP contribution < -0.4 is 0 Å². The molecule has 1 N–H and O–H groups in total. The molecule has 2 aliphatic rings. The lowest BCUT2D eigenvalue weighted by Crippen LogP contribution is -2.42. The van der Waals surface area contributed by atoms with Crippen LogP contribution in [0.4, 0.5) is 0 Å². The van der Waals surface area contributed by atoms with Crippen LogP contribution in [0.3, 0.4) is 0 Å². The molecule has 0 spiro atoms. The van der Waals surface area contributed by atoms with Crippen molar-refractivity contribution >= 4 is 23.7 Å². The Morgan fingerprint density at radius 3 is 2.42 bits per heavy atom. The SMILES string of the molecule is O=C(O)[C@H]1CCCN1C(=O)CCN1C(=O)CCC1=O. The molecule has 0 saturated carbocycles. The number of hydrogen-bond donors (Lipinski definition) is 1. The number of amides is 3. The first-order chi connectivity index (χ1) is 9.00. The van der Waals surface area contributed by atoms with Crippen LogP contribution >= 0.6 is 0 Å². The number of aliphatic carboxylic acids is 1. The number of imide groups is 1. The molecule has 3 amide bonds. The van der Waals surface area contributed by atoms with E-state index in [0.717, 1.165) is 4.90 Å². The molecule has 0 aromatic carbocycles. The normalized spacial score (nSPS) is 23.3. The highest BCUT2D eigenvalue weighted by Crippen LogP contribution is 2.19. The van der Waals surface area contributed by atoms with Gasteiger partial charge in [-0.15, -0.1) is 0 Å². The van der Waals surface area contributed by atoms with Gasteiger partial charge in [0.25, 0.3) is 0 Å². The Labute approximate surface area is 110 Å². The lowest BCUT2D eigenvalue weighted by molar-refractivity contribution is -0.149. The number of rotatable bonds is 4. The van der Waals surface area contributed by atoms with Crippen molar-refractivity contribution in [1.82, 2.24) is 9.80 Å². The van der Waals surface area contributed by atoms with Crippen molar-refractivity contribution in [1.29, 1.82) is 0 Å². The first-order valence-corrected chi connectivity index (χ1v) is 6.36. The predicted molar refractivity (Wildman–Crippen MR) is 62.9 cm³/mol. The van der Waals surface area contributed by atoms with Crippen molar-refractivity contribution in [3.63, 3.8) is 0 Å². The maximum Gasteiger partial charge on any atom is 0.326 e. The Morgan fingerprint density at radius 1 is 1.21 bits per heavy atom. The van der Waals surface area contributed by atoms with Gasteiger partial charge in [0.1, 0.15) is 6.04 Å². The summed E-state index contributed by atoms with van der Waals surface area (Å²) in [4.78, 5) is 48.1. The van der Waals surface area contributed by atoms with E-state index in [0.29, 0.717) is 19.4 Å². The summed E-state index contributed by atoms with van der Waals surface area (Å²) in [6, 6.07) is -0.766. The maximum atomic E-state index is 11.9. The van der Waals surface area contributed by atoms with Crippen molar-refractivity contribution in [2.24, 2.45) is 0 Å². The van der Waals surface area contributed by atoms with E-state index in [-0.39, 0.29) is 43.5 Å². The minimum atomic E-state index is -1.00. The van der Waals surface area contributed by atoms with Gasteiger partial charge in [-0.25, -0.2) is 4.79 Å². The van der Waals surface area contributed by atoms with Gasteiger partial charge in [-0.2, -0.15) is 0 Å². The number of carboxylic acid groups (broad SMARTS) is 1. The second-order valence-corrected chi connectivity index (χ2v) is 4.77. The summed E-state index contributed by atoms with van der Waals surface area (Å²) in [6.45, 7) is 0.483. The number of likely N-dealkylation sites (tertiary alicyclic amines) is 2. The Morgan fingerprint density at radius 2 is 1.84 bits per heavy atom. The molecule has 0 radical (unpaired) electrons. The molecule has 2 aliphatic heterocycles. The van der Waals surface area contributed by atoms with Crippen molar-refractivity contribution in [2.75, 3.05) is 13.1 Å². The molecule has 0 aromatic heterocycles. The van der Waals surface area contributed by atoms with E-state index in [1.165, 1.54) is 4.90 Å². The third-order valence-electron chi connectivity index (χ3n) is 3.56. The minimum absolute atomic E-state index is 0.00125. The second kappa shape index (κ2) is 5.38. The Balaban J connectivity index is 1.89. The molecule has 104 valence electrons. The average Bonchev–Trinajstić information content (AvgIpc) is 2.95. The fourth-order valence-electron chi connectivity index (χ4n) is 2.55. The molecule has 19 heavy (non-hydrogen) atoms. The van der Waals surface area contributed by atoms with Gasteiger partial charge in [-0.1, -0.05) is 0 Å². The van der Waals surface area contributed by atoms with Gasteiger partial charge >= 0.3 is 5.97 Å². The zero-order valence-corrected chi connectivity index (χ0v) is 10.5. The summed E-state index contributed by atoms with van der Waals surface area (Å²) < 4.78 is 0. The van der Waals surface area contributed by atoms with Gasteiger partial charge in [-0.05, 0) is 12.8 Å². The molecule has 0 aliphatic carbocycles. The lowest BCUT2D eigenvalue weighted by Gasteiger charge is -2.22. The molecule has 2 fully saturated rings. The lowest BCUT2D eigenvalue weighted by atomic mass is 10.2. The highest BCUT2D eigenvalue weighted by molar-refractivity contribution is 6.02. The van der Waals surface area contributed by atoms with Crippen molar-refractivity contribution in [2.45, 2.75) is 38.1 Å². The summed E-state index contributed by atoms with van der Waals surface area (Å²) in [5.74, 6) is -1.82. The molecule has 0 unspecified atom stereocenters. The standard InChI is InChI=1S/C12H16N2O5/c15-9-3-4-10(16)14(9)7-5-11(17)13-6-1-2-8(13)12(18)19/h8H,1-7H2,(H,18,19)/t8-/m1/s1. The van der Waals surface area contributed by atoms with Crippen molar-refractivity contribution < 1.29 is 24.3 Å². The minimum Gasteiger partial charge on any atom is -0.480 e. The average molecular weight is 268 g/mol. The monoisotopic (exact) mass is 268 g/mol. The molecule has 2 saturated heterocycles. The molecular formula is C12H16N2O5. The third-order valence-corrected chi connectivity index (χ3v) is 3.56. The summed E-state index contributed by atoms with van der Waals surface area (Å²) in [5, 5.41) is 8.98. The van der Waals surface area contributed by atoms with E-state index in [4.69, 9.17) is 5.11 Å². The zero-order valence-electron chi connectivity index (χ0n) is 10.5. The predicted octanol–water partition coefficient (Wildman–Crippen LogP) is -0.399. The van der Waals surface area contributed by atoms with Gasteiger partial charge in [0.15, 0.2) is 0 Å². The van der Waals surface area contributed by atoms with Crippen LogP contribution in [0.15, 0.2) is 0 Å². The van der Waals surface area contributed by atoms with Crippen LogP contribution in [0, 0.1) is 0 Å². The van der Waals surface area contributed by atoms with E-state index in [2.05, 4.69) is 0 Å². The smallest absolute Gasteiger partial charge is 0.326 e. The van der Waals surface area contributed by atoms with Crippen LogP contribution in [0.25, 0.3) is 0 Å². The molecule has 0 bridgehead atoms. The Bertz CT molecular complexity index is 418. The van der Waals surface area contributed by atoms with Crippen LogP contribution in [-0.4, -0.2) is 57.7 Å². The summed E-state index contributed by atoms with van der Waals surface area (Å²) in [5.41, 5.74) is 0. The fraction of sp³-hybridized carbons (Fsp3) is 0.667. The topological polar surface area (TPSA) is 95.0 Å². The Hall–Kier alpha value is -1.92. The number of carbonyl (C=O) groups excluding carboxylic acids is 3. The van der Waals surface area contributed by atoms with Crippen LogP contribution in [0.2, 0.25) is 0 Å². The first-order valence-electron chi connectivity index (χ1n) is 6.36. The van der Waals surface area contributed by atoms with Crippen LogP contribution in [0.1, 0.15) is 32.1 Å². The maximum absolute atomic E-state index is 11.9. The number of carboxylic acids is 1. The summed E-state index contributed by atoms with van der Waals surface area (Å²) in [6.07, 6.45) is 1.54. The van der Waals surface area contributed by atoms with Gasteiger partial charge in [0.05, 0.1) is 0 Å². The molecule has 2 rings (SSSR count). The van der Waals surface area contributed by atoms with Gasteiger partial charge in [0, 0.05) is 32.4 Å². The molecule has 0 aromatic rings. The van der Waals surface area contributed by atoms with Gasteiger partial charge < -0.3 is 10.0 Å². The summed E-state index contributed by atoms with van der Waals surface area (Å²) >= 11 is 0. The highest BCUT2D eigenvalue weighted by Gasteiger charge is 2.35. The summed E-state index contributed by atoms with van der Waals surface area (Å²) in [7, 11) is 0. The first kappa shape index (κ1) is 13.5. The highest BCUT2D eigenvalue weighted by atomic mass is 16.4. The quantitative estimate of drug-likeness (QED) is 0.700. The third kappa shape index (κ3) is 2.74. The van der Waals surface area contributed by atoms with Crippen LogP contribution in [0.5, 0.6) is 0 Å². The fourth-order valence-corrected chi connectivity index (χ4v) is 2.55. The zero-order chi connectivity index (χ0) is 14.0. The number of nitrogens with zero attached hydrogens (tertiary/aromatic N) is 2. The number of hydrogen-bond acceptors (Lipinski definition) is 4.